The van der Waals surface area contributed by atoms with Gasteiger partial charge in [-0.15, -0.1) is 0 Å². The molecule has 0 heterocycles. The highest BCUT2D eigenvalue weighted by atomic mass is 14.2. The zero-order chi connectivity index (χ0) is 10.3. The van der Waals surface area contributed by atoms with Gasteiger partial charge in [-0.2, -0.15) is 0 Å². The molecule has 0 bridgehead atoms. The van der Waals surface area contributed by atoms with Gasteiger partial charge in [0.15, 0.2) is 0 Å². The summed E-state index contributed by atoms with van der Waals surface area (Å²) >= 11 is 0. The summed E-state index contributed by atoms with van der Waals surface area (Å²) in [6.45, 7) is 0. The maximum Gasteiger partial charge on any atom is -0.0203 e. The lowest BCUT2D eigenvalue weighted by Gasteiger charge is -2.13. The second-order valence-corrected chi connectivity index (χ2v) is 5.42. The lowest BCUT2D eigenvalue weighted by Crippen LogP contribution is -1.97. The van der Waals surface area contributed by atoms with Gasteiger partial charge in [0.05, 0.1) is 0 Å². The Labute approximate surface area is 95.1 Å². The van der Waals surface area contributed by atoms with Gasteiger partial charge < -0.3 is 0 Å². The molecule has 0 aromatic heterocycles. The molecule has 0 aliphatic heterocycles. The largest absolute Gasteiger partial charge is 0.0851 e. The van der Waals surface area contributed by atoms with Crippen LogP contribution >= 0.6 is 0 Å². The van der Waals surface area contributed by atoms with Crippen molar-refractivity contribution in [3.8, 4) is 0 Å². The quantitative estimate of drug-likeness (QED) is 0.476. The van der Waals surface area contributed by atoms with Crippen LogP contribution in [0.5, 0.6) is 0 Å². The van der Waals surface area contributed by atoms with Crippen LogP contribution in [0.3, 0.4) is 0 Å². The molecule has 0 spiro atoms. The van der Waals surface area contributed by atoms with Gasteiger partial charge >= 0.3 is 0 Å². The van der Waals surface area contributed by atoms with Gasteiger partial charge in [-0.05, 0) is 44.4 Å². The first-order valence-corrected chi connectivity index (χ1v) is 7.16. The molecule has 0 nitrogen and oxygen atoms in total. The molecule has 0 amide bonds. The molecule has 2 aliphatic carbocycles. The van der Waals surface area contributed by atoms with Gasteiger partial charge in [-0.3, -0.25) is 0 Å². The first-order valence-electron chi connectivity index (χ1n) is 7.16. The number of fused-ring (bicyclic) bond motifs is 1. The molecule has 0 aromatic rings. The first-order chi connectivity index (χ1) is 7.47. The summed E-state index contributed by atoms with van der Waals surface area (Å²) in [5, 5.41) is 0. The van der Waals surface area contributed by atoms with Crippen molar-refractivity contribution in [2.75, 3.05) is 0 Å². The molecule has 1 saturated carbocycles. The fraction of sp³-hybridized carbons (Fsp3) is 0.867. The zero-order valence-electron chi connectivity index (χ0n) is 10.1. The molecule has 2 aliphatic rings. The van der Waals surface area contributed by atoms with Crippen LogP contribution in [-0.2, 0) is 0 Å². The van der Waals surface area contributed by atoms with Crippen LogP contribution in [0.1, 0.15) is 77.0 Å². The van der Waals surface area contributed by atoms with E-state index in [4.69, 9.17) is 0 Å². The summed E-state index contributed by atoms with van der Waals surface area (Å²) in [6, 6.07) is 0. The minimum Gasteiger partial charge on any atom is -0.0851 e. The van der Waals surface area contributed by atoms with E-state index >= 15 is 0 Å². The van der Waals surface area contributed by atoms with Gasteiger partial charge in [0.25, 0.3) is 0 Å². The van der Waals surface area contributed by atoms with Crippen molar-refractivity contribution in [1.82, 2.24) is 0 Å². The van der Waals surface area contributed by atoms with Crippen LogP contribution in [0.15, 0.2) is 11.6 Å². The van der Waals surface area contributed by atoms with Crippen LogP contribution in [0.25, 0.3) is 0 Å². The van der Waals surface area contributed by atoms with E-state index in [0.29, 0.717) is 0 Å². The molecular weight excluding hydrogens is 180 g/mol. The molecule has 0 aromatic carbocycles. The third-order valence-electron chi connectivity index (χ3n) is 4.21. The zero-order valence-corrected chi connectivity index (χ0v) is 10.1. The van der Waals surface area contributed by atoms with Crippen LogP contribution in [-0.4, -0.2) is 0 Å². The first kappa shape index (κ1) is 11.2. The number of hydrogen-bond donors (Lipinski definition) is 0. The van der Waals surface area contributed by atoms with E-state index in [2.05, 4.69) is 6.08 Å². The SMILES string of the molecule is C1=C2/CCCC2CCCCCCCCC/1. The second kappa shape index (κ2) is 6.35. The summed E-state index contributed by atoms with van der Waals surface area (Å²) in [4.78, 5) is 0. The van der Waals surface area contributed by atoms with Crippen molar-refractivity contribution in [3.05, 3.63) is 11.6 Å². The van der Waals surface area contributed by atoms with Crippen molar-refractivity contribution in [3.63, 3.8) is 0 Å². The predicted octanol–water partition coefficient (Wildman–Crippen LogP) is 5.24. The van der Waals surface area contributed by atoms with Crippen molar-refractivity contribution in [2.24, 2.45) is 5.92 Å². The van der Waals surface area contributed by atoms with E-state index in [1.807, 2.05) is 5.57 Å². The number of allylic oxidation sites excluding steroid dienone is 2. The maximum atomic E-state index is 2.60. The van der Waals surface area contributed by atoms with E-state index in [1.54, 1.807) is 0 Å². The Morgan fingerprint density at radius 2 is 1.40 bits per heavy atom. The molecule has 1 atom stereocenters. The Morgan fingerprint density at radius 1 is 0.733 bits per heavy atom. The Balaban J connectivity index is 1.87. The average Bonchev–Trinajstić information content (AvgIpc) is 2.65. The molecule has 0 saturated heterocycles. The van der Waals surface area contributed by atoms with E-state index in [-0.39, 0.29) is 0 Å². The van der Waals surface area contributed by atoms with Crippen molar-refractivity contribution in [1.29, 1.82) is 0 Å². The van der Waals surface area contributed by atoms with E-state index in [1.165, 1.54) is 77.0 Å². The summed E-state index contributed by atoms with van der Waals surface area (Å²) in [5.74, 6) is 0.990. The highest BCUT2D eigenvalue weighted by molar-refractivity contribution is 5.11. The molecule has 1 fully saturated rings. The molecule has 0 heteroatoms. The Bertz CT molecular complexity index is 202. The lowest BCUT2D eigenvalue weighted by molar-refractivity contribution is 0.498. The van der Waals surface area contributed by atoms with E-state index < -0.39 is 0 Å². The number of rotatable bonds is 0. The van der Waals surface area contributed by atoms with Gasteiger partial charge in [0.1, 0.15) is 0 Å². The molecule has 0 N–H and O–H groups in total. The summed E-state index contributed by atoms with van der Waals surface area (Å²) in [5.41, 5.74) is 1.83. The maximum absolute atomic E-state index is 2.60. The van der Waals surface area contributed by atoms with Crippen LogP contribution in [0, 0.1) is 5.92 Å². The summed E-state index contributed by atoms with van der Waals surface area (Å²) in [6.07, 6.45) is 20.2. The molecule has 86 valence electrons. The third-order valence-corrected chi connectivity index (χ3v) is 4.21. The van der Waals surface area contributed by atoms with Crippen molar-refractivity contribution < 1.29 is 0 Å². The van der Waals surface area contributed by atoms with Crippen molar-refractivity contribution in [2.45, 2.75) is 77.0 Å². The summed E-state index contributed by atoms with van der Waals surface area (Å²) < 4.78 is 0. The minimum absolute atomic E-state index is 0.990. The molecular formula is C15H26. The van der Waals surface area contributed by atoms with Gasteiger partial charge in [-0.1, -0.05) is 50.2 Å². The van der Waals surface area contributed by atoms with E-state index in [9.17, 15) is 0 Å². The monoisotopic (exact) mass is 206 g/mol. The standard InChI is InChI=1S/C15H26/c1-2-4-6-8-11-15-13-9-12-14(15)10-7-5-3-1/h10,15H,1-9,11-13H2/b14-10-. The Morgan fingerprint density at radius 3 is 2.27 bits per heavy atom. The van der Waals surface area contributed by atoms with Crippen molar-refractivity contribution >= 4 is 0 Å². The minimum atomic E-state index is 0.990. The van der Waals surface area contributed by atoms with E-state index in [0.717, 1.165) is 5.92 Å². The molecule has 2 rings (SSSR count). The Hall–Kier alpha value is -0.260. The smallest absolute Gasteiger partial charge is 0.0203 e. The second-order valence-electron chi connectivity index (χ2n) is 5.42. The molecule has 1 unspecified atom stereocenters. The highest BCUT2D eigenvalue weighted by Crippen LogP contribution is 2.35. The highest BCUT2D eigenvalue weighted by Gasteiger charge is 2.19. The predicted molar refractivity (Wildman–Crippen MR) is 67.0 cm³/mol. The fourth-order valence-corrected chi connectivity index (χ4v) is 3.25. The van der Waals surface area contributed by atoms with Gasteiger partial charge in [-0.25, -0.2) is 0 Å². The molecule has 15 heavy (non-hydrogen) atoms. The Kier molecular flexibility index (Phi) is 4.76. The average molecular weight is 206 g/mol. The summed E-state index contributed by atoms with van der Waals surface area (Å²) in [7, 11) is 0. The van der Waals surface area contributed by atoms with Gasteiger partial charge in [0.2, 0.25) is 0 Å². The topological polar surface area (TPSA) is 0 Å². The number of hydrogen-bond acceptors (Lipinski definition) is 0. The molecule has 0 radical (unpaired) electrons. The van der Waals surface area contributed by atoms with Crippen LogP contribution in [0.4, 0.5) is 0 Å². The van der Waals surface area contributed by atoms with Crippen LogP contribution < -0.4 is 0 Å². The lowest BCUT2D eigenvalue weighted by atomic mass is 9.93. The van der Waals surface area contributed by atoms with Gasteiger partial charge in [0, 0.05) is 0 Å². The van der Waals surface area contributed by atoms with Crippen LogP contribution in [0.2, 0.25) is 0 Å². The fourth-order valence-electron chi connectivity index (χ4n) is 3.25. The normalized spacial score (nSPS) is 33.3. The third kappa shape index (κ3) is 3.66.